The molecule has 2 aromatic heterocycles. The van der Waals surface area contributed by atoms with Gasteiger partial charge >= 0.3 is 0 Å². The van der Waals surface area contributed by atoms with Crippen molar-refractivity contribution in [2.45, 2.75) is 11.1 Å². The number of carbonyl (C=O) groups is 1. The number of sulfonamides is 1. The number of hydrogen-bond donors (Lipinski definition) is 0. The Kier molecular flexibility index (Phi) is 6.28. The van der Waals surface area contributed by atoms with Crippen molar-refractivity contribution in [3.05, 3.63) is 46.6 Å². The summed E-state index contributed by atoms with van der Waals surface area (Å²) in [6, 6.07) is 10.1. The lowest BCUT2D eigenvalue weighted by Gasteiger charge is -2.33. The van der Waals surface area contributed by atoms with Crippen molar-refractivity contribution >= 4 is 38.9 Å². The normalized spacial score (nSPS) is 15.2. The Hall–Kier alpha value is -2.47. The number of hydrogen-bond acceptors (Lipinski definition) is 8. The smallest absolute Gasteiger partial charge is 0.260 e. The van der Waals surface area contributed by atoms with Crippen LogP contribution in [0.4, 0.5) is 0 Å². The van der Waals surface area contributed by atoms with Crippen LogP contribution in [0.1, 0.15) is 5.89 Å². The minimum atomic E-state index is -3.59. The molecular formula is C19H19ClN4O5S2. The molecule has 3 heterocycles. The molecule has 9 nitrogen and oxygen atoms in total. The fourth-order valence-electron chi connectivity index (χ4n) is 3.09. The van der Waals surface area contributed by atoms with E-state index in [9.17, 15) is 13.2 Å². The van der Waals surface area contributed by atoms with Gasteiger partial charge in [-0.2, -0.15) is 9.29 Å². The van der Waals surface area contributed by atoms with Crippen molar-refractivity contribution in [1.82, 2.24) is 19.3 Å². The van der Waals surface area contributed by atoms with Gasteiger partial charge in [0.05, 0.1) is 4.34 Å². The highest BCUT2D eigenvalue weighted by Crippen LogP contribution is 2.28. The SMILES string of the molecule is Cc1nc(-c2ccc(OCC(=O)N3CCN(S(=O)(=O)c4ccc(Cl)s4)CC3)cc2)no1. The number of benzene rings is 1. The molecule has 1 fully saturated rings. The van der Waals surface area contributed by atoms with Gasteiger partial charge in [0, 0.05) is 38.7 Å². The maximum absolute atomic E-state index is 12.7. The molecule has 3 aromatic rings. The summed E-state index contributed by atoms with van der Waals surface area (Å²) >= 11 is 6.88. The Morgan fingerprint density at radius 1 is 1.16 bits per heavy atom. The van der Waals surface area contributed by atoms with E-state index in [1.54, 1.807) is 42.2 Å². The molecule has 0 atom stereocenters. The third-order valence-corrected chi connectivity index (χ3v) is 8.33. The van der Waals surface area contributed by atoms with Crippen LogP contribution in [0.25, 0.3) is 11.4 Å². The Morgan fingerprint density at radius 2 is 1.87 bits per heavy atom. The number of carbonyl (C=O) groups excluding carboxylic acids is 1. The molecule has 0 spiro atoms. The molecule has 4 rings (SSSR count). The summed E-state index contributed by atoms with van der Waals surface area (Å²) in [5.74, 6) is 1.30. The topological polar surface area (TPSA) is 106 Å². The third kappa shape index (κ3) is 4.90. The molecular weight excluding hydrogens is 464 g/mol. The highest BCUT2D eigenvalue weighted by Gasteiger charge is 2.31. The van der Waals surface area contributed by atoms with E-state index in [0.717, 1.165) is 16.9 Å². The lowest BCUT2D eigenvalue weighted by molar-refractivity contribution is -0.134. The minimum absolute atomic E-state index is 0.131. The second kappa shape index (κ2) is 8.95. The van der Waals surface area contributed by atoms with Crippen molar-refractivity contribution < 1.29 is 22.5 Å². The van der Waals surface area contributed by atoms with Crippen molar-refractivity contribution in [3.8, 4) is 17.1 Å². The number of aryl methyl sites for hydroxylation is 1. The summed E-state index contributed by atoms with van der Waals surface area (Å²) in [6.07, 6.45) is 0. The van der Waals surface area contributed by atoms with E-state index in [2.05, 4.69) is 10.1 Å². The molecule has 164 valence electrons. The number of piperazine rings is 1. The van der Waals surface area contributed by atoms with Gasteiger partial charge in [0.1, 0.15) is 9.96 Å². The van der Waals surface area contributed by atoms with Crippen molar-refractivity contribution in [2.75, 3.05) is 32.8 Å². The minimum Gasteiger partial charge on any atom is -0.484 e. The molecule has 0 aliphatic carbocycles. The maximum Gasteiger partial charge on any atom is 0.260 e. The molecule has 12 heteroatoms. The fourth-order valence-corrected chi connectivity index (χ4v) is 6.15. The summed E-state index contributed by atoms with van der Waals surface area (Å²) in [5.41, 5.74) is 0.778. The molecule has 1 saturated heterocycles. The first kappa shape index (κ1) is 21.8. The van der Waals surface area contributed by atoms with Gasteiger partial charge in [-0.1, -0.05) is 16.8 Å². The van der Waals surface area contributed by atoms with Crippen LogP contribution in [-0.4, -0.2) is 66.5 Å². The molecule has 1 aliphatic heterocycles. The van der Waals surface area contributed by atoms with Gasteiger partial charge in [0.25, 0.3) is 15.9 Å². The van der Waals surface area contributed by atoms with Gasteiger partial charge < -0.3 is 14.2 Å². The average molecular weight is 483 g/mol. The Balaban J connectivity index is 1.28. The number of rotatable bonds is 6. The molecule has 0 saturated carbocycles. The lowest BCUT2D eigenvalue weighted by atomic mass is 10.2. The number of aromatic nitrogens is 2. The number of nitrogens with zero attached hydrogens (tertiary/aromatic N) is 4. The first-order chi connectivity index (χ1) is 14.8. The Bertz CT molecular complexity index is 1170. The highest BCUT2D eigenvalue weighted by molar-refractivity contribution is 7.91. The summed E-state index contributed by atoms with van der Waals surface area (Å²) in [4.78, 5) is 18.2. The lowest BCUT2D eigenvalue weighted by Crippen LogP contribution is -2.51. The summed E-state index contributed by atoms with van der Waals surface area (Å²) in [5, 5.41) is 3.85. The highest BCUT2D eigenvalue weighted by atomic mass is 35.5. The maximum atomic E-state index is 12.7. The molecule has 31 heavy (non-hydrogen) atoms. The third-order valence-electron chi connectivity index (χ3n) is 4.74. The van der Waals surface area contributed by atoms with Crippen LogP contribution in [0.5, 0.6) is 5.75 Å². The molecule has 0 N–H and O–H groups in total. The van der Waals surface area contributed by atoms with Crippen molar-refractivity contribution in [2.24, 2.45) is 0 Å². The van der Waals surface area contributed by atoms with E-state index in [-0.39, 0.29) is 29.8 Å². The predicted molar refractivity (Wildman–Crippen MR) is 115 cm³/mol. The monoisotopic (exact) mass is 482 g/mol. The van der Waals surface area contributed by atoms with E-state index in [1.165, 1.54) is 10.4 Å². The number of ether oxygens (including phenoxy) is 1. The first-order valence-electron chi connectivity index (χ1n) is 9.40. The fraction of sp³-hybridized carbons (Fsp3) is 0.316. The standard InChI is InChI=1S/C19H19ClN4O5S2/c1-13-21-19(22-29-13)14-2-4-15(5-3-14)28-12-17(25)23-8-10-24(11-9-23)31(26,27)18-7-6-16(20)30-18/h2-7H,8-12H2,1H3. The van der Waals surface area contributed by atoms with Gasteiger partial charge in [-0.15, -0.1) is 11.3 Å². The van der Waals surface area contributed by atoms with Crippen LogP contribution >= 0.6 is 22.9 Å². The van der Waals surface area contributed by atoms with E-state index in [1.807, 2.05) is 0 Å². The van der Waals surface area contributed by atoms with E-state index in [4.69, 9.17) is 20.9 Å². The van der Waals surface area contributed by atoms with Crippen LogP contribution in [0.3, 0.4) is 0 Å². The number of halogens is 1. The molecule has 0 unspecified atom stereocenters. The van der Waals surface area contributed by atoms with Gasteiger partial charge in [-0.25, -0.2) is 8.42 Å². The molecule has 1 aromatic carbocycles. The molecule has 1 aliphatic rings. The predicted octanol–water partition coefficient (Wildman–Crippen LogP) is 2.67. The van der Waals surface area contributed by atoms with E-state index in [0.29, 0.717) is 34.9 Å². The number of thiophene rings is 1. The van der Waals surface area contributed by atoms with Crippen molar-refractivity contribution in [3.63, 3.8) is 0 Å². The van der Waals surface area contributed by atoms with Crippen LogP contribution in [0.2, 0.25) is 4.34 Å². The summed E-state index contributed by atoms with van der Waals surface area (Å²) in [7, 11) is -3.59. The van der Waals surface area contributed by atoms with Crippen LogP contribution in [0.15, 0.2) is 45.1 Å². The van der Waals surface area contributed by atoms with Gasteiger partial charge in [0.2, 0.25) is 11.7 Å². The largest absolute Gasteiger partial charge is 0.484 e. The van der Waals surface area contributed by atoms with E-state index >= 15 is 0 Å². The van der Waals surface area contributed by atoms with E-state index < -0.39 is 10.0 Å². The second-order valence-electron chi connectivity index (χ2n) is 6.79. The zero-order chi connectivity index (χ0) is 22.0. The summed E-state index contributed by atoms with van der Waals surface area (Å²) in [6.45, 7) is 2.64. The Labute approximate surface area is 188 Å². The van der Waals surface area contributed by atoms with Crippen LogP contribution in [0, 0.1) is 6.92 Å². The molecule has 0 radical (unpaired) electrons. The molecule has 0 bridgehead atoms. The zero-order valence-electron chi connectivity index (χ0n) is 16.5. The van der Waals surface area contributed by atoms with Crippen LogP contribution < -0.4 is 4.74 Å². The second-order valence-corrected chi connectivity index (χ2v) is 10.7. The first-order valence-corrected chi connectivity index (χ1v) is 12.0. The number of amides is 1. The van der Waals surface area contributed by atoms with Gasteiger partial charge in [-0.05, 0) is 36.4 Å². The zero-order valence-corrected chi connectivity index (χ0v) is 18.9. The quantitative estimate of drug-likeness (QED) is 0.531. The van der Waals surface area contributed by atoms with Crippen molar-refractivity contribution in [1.29, 1.82) is 0 Å². The Morgan fingerprint density at radius 3 is 2.45 bits per heavy atom. The van der Waals surface area contributed by atoms with Crippen LogP contribution in [-0.2, 0) is 14.8 Å². The van der Waals surface area contributed by atoms with Gasteiger partial charge in [0.15, 0.2) is 6.61 Å². The average Bonchev–Trinajstić information content (AvgIpc) is 3.41. The molecule has 1 amide bonds. The van der Waals surface area contributed by atoms with Gasteiger partial charge in [-0.3, -0.25) is 4.79 Å². The summed E-state index contributed by atoms with van der Waals surface area (Å²) < 4.78 is 37.9.